The third kappa shape index (κ3) is 5.44. The van der Waals surface area contributed by atoms with Gasteiger partial charge in [0.1, 0.15) is 0 Å². The van der Waals surface area contributed by atoms with Crippen molar-refractivity contribution in [3.05, 3.63) is 42.0 Å². The number of nitrogens with one attached hydrogen (secondary N) is 2. The van der Waals surface area contributed by atoms with Gasteiger partial charge in [0.15, 0.2) is 5.96 Å². The minimum Gasteiger partial charge on any atom is -0.370 e. The number of benzene rings is 1. The standard InChI is InChI=1S/C13H18N4O.ClH/c1-4-8-15-12(14)17-13(18)16-11-9(2)6-5-7-10(11)3;/h4-7H,1,8H2,2-3H3,(H4,14,15,16,17,18);1H. The van der Waals surface area contributed by atoms with E-state index in [-0.39, 0.29) is 18.4 Å². The van der Waals surface area contributed by atoms with E-state index in [1.165, 1.54) is 0 Å². The second-order valence-corrected chi connectivity index (χ2v) is 3.86. The van der Waals surface area contributed by atoms with Crippen LogP contribution < -0.4 is 16.4 Å². The molecule has 0 aliphatic heterocycles. The average Bonchev–Trinajstić information content (AvgIpc) is 2.31. The topological polar surface area (TPSA) is 79.5 Å². The van der Waals surface area contributed by atoms with Crippen molar-refractivity contribution in [1.82, 2.24) is 5.32 Å². The van der Waals surface area contributed by atoms with Crippen molar-refractivity contribution in [2.45, 2.75) is 13.8 Å². The summed E-state index contributed by atoms with van der Waals surface area (Å²) >= 11 is 0. The van der Waals surface area contributed by atoms with Gasteiger partial charge in [-0.2, -0.15) is 0 Å². The van der Waals surface area contributed by atoms with Crippen molar-refractivity contribution in [3.8, 4) is 0 Å². The smallest absolute Gasteiger partial charge is 0.326 e. The zero-order valence-electron chi connectivity index (χ0n) is 11.1. The van der Waals surface area contributed by atoms with Gasteiger partial charge in [0.25, 0.3) is 0 Å². The summed E-state index contributed by atoms with van der Waals surface area (Å²) in [5.74, 6) is 0.0682. The van der Waals surface area contributed by atoms with Gasteiger partial charge >= 0.3 is 6.03 Å². The maximum atomic E-state index is 11.7. The number of para-hydroxylation sites is 1. The number of halogens is 1. The van der Waals surface area contributed by atoms with E-state index in [2.05, 4.69) is 22.2 Å². The number of carbonyl (C=O) groups is 1. The molecule has 0 saturated heterocycles. The van der Waals surface area contributed by atoms with Crippen molar-refractivity contribution < 1.29 is 4.79 Å². The number of hydrogen-bond acceptors (Lipinski definition) is 2. The second-order valence-electron chi connectivity index (χ2n) is 3.86. The van der Waals surface area contributed by atoms with E-state index in [9.17, 15) is 4.79 Å². The fraction of sp³-hybridized carbons (Fsp3) is 0.231. The summed E-state index contributed by atoms with van der Waals surface area (Å²) in [5, 5.41) is 5.20. The monoisotopic (exact) mass is 282 g/mol. The Hall–Kier alpha value is -2.01. The molecule has 0 aromatic heterocycles. The van der Waals surface area contributed by atoms with Crippen LogP contribution in [0, 0.1) is 13.8 Å². The maximum Gasteiger partial charge on any atom is 0.326 e. The van der Waals surface area contributed by atoms with Crippen molar-refractivity contribution in [3.63, 3.8) is 0 Å². The summed E-state index contributed by atoms with van der Waals surface area (Å²) < 4.78 is 0. The number of carbonyl (C=O) groups excluding carboxylic acids is 1. The molecule has 0 aliphatic rings. The Morgan fingerprint density at radius 2 is 2.00 bits per heavy atom. The predicted molar refractivity (Wildman–Crippen MR) is 82.0 cm³/mol. The molecule has 4 N–H and O–H groups in total. The molecular formula is C13H19ClN4O. The number of nitrogens with two attached hydrogens (primary N) is 1. The summed E-state index contributed by atoms with van der Waals surface area (Å²) in [6.07, 6.45) is 1.60. The molecule has 1 rings (SSSR count). The number of amides is 2. The molecule has 0 saturated carbocycles. The fourth-order valence-corrected chi connectivity index (χ4v) is 1.48. The Labute approximate surface area is 119 Å². The molecule has 0 spiro atoms. The SMILES string of the molecule is C=CCN=C(N)NC(=O)Nc1c(C)cccc1C.Cl. The lowest BCUT2D eigenvalue weighted by atomic mass is 10.1. The number of urea groups is 1. The highest BCUT2D eigenvalue weighted by molar-refractivity contribution is 6.02. The van der Waals surface area contributed by atoms with Gasteiger partial charge in [0, 0.05) is 5.69 Å². The number of aliphatic imine (C=N–C) groups is 1. The number of hydrogen-bond donors (Lipinski definition) is 3. The molecule has 0 unspecified atom stereocenters. The number of nitrogens with zero attached hydrogens (tertiary/aromatic N) is 1. The molecule has 5 nitrogen and oxygen atoms in total. The van der Waals surface area contributed by atoms with Gasteiger partial charge in [-0.1, -0.05) is 24.3 Å². The molecule has 19 heavy (non-hydrogen) atoms. The van der Waals surface area contributed by atoms with Crippen molar-refractivity contribution in [2.24, 2.45) is 10.7 Å². The van der Waals surface area contributed by atoms with Crippen molar-refractivity contribution in [2.75, 3.05) is 11.9 Å². The molecule has 0 bridgehead atoms. The lowest BCUT2D eigenvalue weighted by molar-refractivity contribution is 0.256. The summed E-state index contributed by atoms with van der Waals surface area (Å²) in [4.78, 5) is 15.6. The average molecular weight is 283 g/mol. The normalized spacial score (nSPS) is 10.3. The second kappa shape index (κ2) is 8.16. The van der Waals surface area contributed by atoms with E-state index in [1.54, 1.807) is 6.08 Å². The third-order valence-corrected chi connectivity index (χ3v) is 2.35. The van der Waals surface area contributed by atoms with E-state index in [4.69, 9.17) is 5.73 Å². The molecule has 0 radical (unpaired) electrons. The highest BCUT2D eigenvalue weighted by atomic mass is 35.5. The number of guanidine groups is 1. The first-order chi connectivity index (χ1) is 8.54. The van der Waals surface area contributed by atoms with Gasteiger partial charge < -0.3 is 11.1 Å². The van der Waals surface area contributed by atoms with Gasteiger partial charge in [-0.3, -0.25) is 5.32 Å². The van der Waals surface area contributed by atoms with Crippen LogP contribution in [-0.4, -0.2) is 18.5 Å². The van der Waals surface area contributed by atoms with Crippen LogP contribution >= 0.6 is 12.4 Å². The Kier molecular flexibility index (Phi) is 7.29. The van der Waals surface area contributed by atoms with Crippen LogP contribution in [0.4, 0.5) is 10.5 Å². The number of anilines is 1. The van der Waals surface area contributed by atoms with E-state index < -0.39 is 6.03 Å². The molecule has 104 valence electrons. The van der Waals surface area contributed by atoms with Crippen LogP contribution in [0.2, 0.25) is 0 Å². The quantitative estimate of drug-likeness (QED) is 0.452. The largest absolute Gasteiger partial charge is 0.370 e. The summed E-state index contributed by atoms with van der Waals surface area (Å²) in [6.45, 7) is 7.74. The maximum absolute atomic E-state index is 11.7. The van der Waals surface area contributed by atoms with Crippen LogP contribution in [-0.2, 0) is 0 Å². The van der Waals surface area contributed by atoms with E-state index in [1.807, 2.05) is 32.0 Å². The van der Waals surface area contributed by atoms with Crippen LogP contribution in [0.3, 0.4) is 0 Å². The molecular weight excluding hydrogens is 264 g/mol. The first kappa shape index (κ1) is 17.0. The lowest BCUT2D eigenvalue weighted by Crippen LogP contribution is -2.39. The minimum atomic E-state index is -0.405. The zero-order chi connectivity index (χ0) is 13.5. The summed E-state index contributed by atoms with van der Waals surface area (Å²) in [5.41, 5.74) is 8.29. The lowest BCUT2D eigenvalue weighted by Gasteiger charge is -2.11. The zero-order valence-corrected chi connectivity index (χ0v) is 11.9. The van der Waals surface area contributed by atoms with Gasteiger partial charge in [0.05, 0.1) is 6.54 Å². The first-order valence-corrected chi connectivity index (χ1v) is 5.59. The van der Waals surface area contributed by atoms with E-state index in [0.29, 0.717) is 6.54 Å². The molecule has 6 heteroatoms. The van der Waals surface area contributed by atoms with E-state index in [0.717, 1.165) is 16.8 Å². The predicted octanol–water partition coefficient (Wildman–Crippen LogP) is 2.35. The van der Waals surface area contributed by atoms with Crippen LogP contribution in [0.15, 0.2) is 35.8 Å². The molecule has 0 atom stereocenters. The molecule has 0 fully saturated rings. The highest BCUT2D eigenvalue weighted by Gasteiger charge is 2.07. The van der Waals surface area contributed by atoms with Gasteiger partial charge in [-0.05, 0) is 25.0 Å². The molecule has 1 aromatic carbocycles. The Balaban J connectivity index is 0.00000324. The van der Waals surface area contributed by atoms with Crippen LogP contribution in [0.25, 0.3) is 0 Å². The molecule has 2 amide bonds. The molecule has 0 heterocycles. The molecule has 1 aromatic rings. The first-order valence-electron chi connectivity index (χ1n) is 5.59. The van der Waals surface area contributed by atoms with E-state index >= 15 is 0 Å². The molecule has 0 aliphatic carbocycles. The van der Waals surface area contributed by atoms with Gasteiger partial charge in [-0.25, -0.2) is 9.79 Å². The number of rotatable bonds is 3. The van der Waals surface area contributed by atoms with Crippen LogP contribution in [0.5, 0.6) is 0 Å². The van der Waals surface area contributed by atoms with Crippen LogP contribution in [0.1, 0.15) is 11.1 Å². The summed E-state index contributed by atoms with van der Waals surface area (Å²) in [7, 11) is 0. The Morgan fingerprint density at radius 3 is 2.53 bits per heavy atom. The highest BCUT2D eigenvalue weighted by Crippen LogP contribution is 2.18. The Morgan fingerprint density at radius 1 is 1.42 bits per heavy atom. The summed E-state index contributed by atoms with van der Waals surface area (Å²) in [6, 6.07) is 5.39. The fourth-order valence-electron chi connectivity index (χ4n) is 1.48. The van der Waals surface area contributed by atoms with Crippen molar-refractivity contribution in [1.29, 1.82) is 0 Å². The Bertz CT molecular complexity index is 465. The van der Waals surface area contributed by atoms with Crippen molar-refractivity contribution >= 4 is 30.1 Å². The number of aryl methyl sites for hydroxylation is 2. The van der Waals surface area contributed by atoms with Gasteiger partial charge in [-0.15, -0.1) is 19.0 Å². The third-order valence-electron chi connectivity index (χ3n) is 2.35. The minimum absolute atomic E-state index is 0. The van der Waals surface area contributed by atoms with Gasteiger partial charge in [0.2, 0.25) is 0 Å².